The molecule has 29 atom stereocenters. The van der Waals surface area contributed by atoms with Gasteiger partial charge >= 0.3 is 24.0 Å². The Morgan fingerprint density at radius 2 is 1.39 bits per heavy atom. The predicted molar refractivity (Wildman–Crippen MR) is 336 cm³/mol. The number of fused-ring (bicyclic) bond motifs is 4. The lowest BCUT2D eigenvalue weighted by molar-refractivity contribution is -0.333. The molecule has 7 fully saturated rings. The Morgan fingerprint density at radius 1 is 0.732 bits per heavy atom. The van der Waals surface area contributed by atoms with Crippen LogP contribution >= 0.6 is 0 Å². The average molecular weight is 1370 g/mol. The number of carbonyl (C=O) groups is 6. The van der Waals surface area contributed by atoms with Crippen molar-refractivity contribution >= 4 is 36.1 Å². The third-order valence-electron chi connectivity index (χ3n) is 22.0. The number of aliphatic hydroxyl groups is 4. The minimum Gasteiger partial charge on any atom is -0.762 e. The van der Waals surface area contributed by atoms with E-state index >= 15 is 4.79 Å². The van der Waals surface area contributed by atoms with Crippen LogP contribution in [0, 0.1) is 46.1 Å². The van der Waals surface area contributed by atoms with Gasteiger partial charge in [0.1, 0.15) is 42.5 Å². The van der Waals surface area contributed by atoms with Crippen molar-refractivity contribution < 1.29 is 121 Å². The lowest BCUT2D eigenvalue weighted by Crippen LogP contribution is -2.67. The quantitative estimate of drug-likeness (QED) is 0.0265. The number of aldehydes is 1. The zero-order valence-electron chi connectivity index (χ0n) is 57.5. The van der Waals surface area contributed by atoms with Crippen molar-refractivity contribution in [3.8, 4) is 0 Å². The van der Waals surface area contributed by atoms with Crippen LogP contribution in [-0.2, 0) is 90.3 Å². The Labute approximate surface area is 565 Å². The topological polar surface area (TPSA) is 371 Å². The van der Waals surface area contributed by atoms with Gasteiger partial charge in [-0.1, -0.05) is 50.6 Å². The fraction of sp³-hybridized carbons (Fsp3) is 0.768. The molecule has 0 aromatic carbocycles. The molecule has 0 aromatic rings. The van der Waals surface area contributed by atoms with E-state index in [4.69, 9.17) is 66.3 Å². The number of nitrogens with one attached hydrogen (secondary N) is 1. The van der Waals surface area contributed by atoms with Gasteiger partial charge in [0.25, 0.3) is 0 Å². The Morgan fingerprint density at radius 3 is 2.05 bits per heavy atom. The number of methoxy groups -OCH3 is 1. The molecule has 6 N–H and O–H groups in total. The number of alkyl carbamates (subject to hydrolysis) is 1. The summed E-state index contributed by atoms with van der Waals surface area (Å²) in [6.45, 7) is 19.9. The Bertz CT molecular complexity index is 3050. The first kappa shape index (κ1) is 74.6. The lowest BCUT2D eigenvalue weighted by Gasteiger charge is -2.57. The Balaban J connectivity index is 0.930. The molecule has 4 aliphatic carbocycles. The Kier molecular flexibility index (Phi) is 23.2. The molecule has 0 unspecified atom stereocenters. The zero-order chi connectivity index (χ0) is 70.5. The van der Waals surface area contributed by atoms with Crippen molar-refractivity contribution in [1.82, 2.24) is 10.5 Å². The standard InChI is InChI=1S/C69H99N2O26/c1-31-14-18-48(91-56-28-67(11,71(82)83)62(38(8)89-56)70-66(81)84-13)32(2)23-44-46(76)24-41(29-72)27-69(44)64(79)57(65(80)97-69)63(78)68(12)43(31)16-15-42-58(68)33(3)22-34(4)59(42)96-55-26-50(61(90-40(10)74)51(94-55)30-85-39(9)73)93-52-21-19-49(36(6)87-52)92-54-25-47(77)60(37(7)88-54)95-53-20-17-45(75)35(5)86-53/h14-16,23-24,29,33-38,42-56,58-62,75-78,82H,17-22,25-28,30H2,1-13H3,(H,70,81)/q-1/b31-14+,32-23+,63-57?/t33-,34-,35-,36-,37-,38+,42-,43-,44+,45+,46-,47+,48-,49+,50+,51-,52-,53-,54+,55-,56-,58+,59-,60-,61+,62-,67-,68+,69-/m0/s1. The van der Waals surface area contributed by atoms with Gasteiger partial charge in [0, 0.05) is 69.6 Å². The number of rotatable bonds is 16. The lowest BCUT2D eigenvalue weighted by atomic mass is 9.49. The summed E-state index contributed by atoms with van der Waals surface area (Å²) in [5, 5.41) is 72.7. The van der Waals surface area contributed by atoms with Crippen LogP contribution in [0.5, 0.6) is 0 Å². The van der Waals surface area contributed by atoms with Crippen LogP contribution < -0.4 is 5.32 Å². The number of hydroxylamine groups is 2. The van der Waals surface area contributed by atoms with Gasteiger partial charge in [-0.3, -0.25) is 24.4 Å². The number of hydrogen-bond acceptors (Lipinski definition) is 27. The Hall–Kier alpha value is -5.12. The van der Waals surface area contributed by atoms with Crippen LogP contribution in [0.2, 0.25) is 0 Å². The third-order valence-corrected chi connectivity index (χ3v) is 22.0. The number of nitrogens with zero attached hydrogens (tertiary/aromatic N) is 1. The number of esters is 3. The van der Waals surface area contributed by atoms with Gasteiger partial charge in [-0.15, -0.1) is 0 Å². The zero-order valence-corrected chi connectivity index (χ0v) is 57.5. The van der Waals surface area contributed by atoms with Crippen molar-refractivity contribution in [2.24, 2.45) is 40.9 Å². The summed E-state index contributed by atoms with van der Waals surface area (Å²) in [5.74, 6) is -7.66. The predicted octanol–water partition coefficient (Wildman–Crippen LogP) is 5.82. The van der Waals surface area contributed by atoms with Gasteiger partial charge in [-0.25, -0.2) is 9.59 Å². The highest BCUT2D eigenvalue weighted by Crippen LogP contribution is 2.61. The smallest absolute Gasteiger partial charge is 0.407 e. The highest BCUT2D eigenvalue weighted by atomic mass is 16.8. The number of hydrogen-bond donors (Lipinski definition) is 6. The van der Waals surface area contributed by atoms with E-state index in [1.54, 1.807) is 40.7 Å². The maximum atomic E-state index is 15.6. The molecule has 6 aliphatic heterocycles. The van der Waals surface area contributed by atoms with E-state index in [9.17, 15) is 54.8 Å². The van der Waals surface area contributed by atoms with E-state index < -0.39 is 211 Å². The highest BCUT2D eigenvalue weighted by molar-refractivity contribution is 6.26. The number of allylic oxidation sites excluding steroid dienone is 3. The molecule has 542 valence electrons. The van der Waals surface area contributed by atoms with Crippen molar-refractivity contribution in [3.05, 3.63) is 63.6 Å². The first-order chi connectivity index (χ1) is 45.8. The van der Waals surface area contributed by atoms with Crippen LogP contribution in [0.3, 0.4) is 0 Å². The summed E-state index contributed by atoms with van der Waals surface area (Å²) in [5.41, 5.74) is -4.99. The normalized spacial score (nSPS) is 45.9. The molecule has 28 heteroatoms. The first-order valence-corrected chi connectivity index (χ1v) is 34.1. The van der Waals surface area contributed by atoms with Crippen LogP contribution in [0.1, 0.15) is 147 Å². The summed E-state index contributed by atoms with van der Waals surface area (Å²) in [6.07, 6.45) is -6.29. The largest absolute Gasteiger partial charge is 0.762 e. The van der Waals surface area contributed by atoms with Crippen molar-refractivity contribution in [2.75, 3.05) is 13.7 Å². The minimum absolute atomic E-state index is 0.0185. The van der Waals surface area contributed by atoms with Crippen LogP contribution in [-0.4, -0.2) is 215 Å². The molecular formula is C69H99N2O26-. The molecular weight excluding hydrogens is 1270 g/mol. The van der Waals surface area contributed by atoms with Gasteiger partial charge in [0.2, 0.25) is 5.78 Å². The van der Waals surface area contributed by atoms with Crippen LogP contribution in [0.4, 0.5) is 4.79 Å². The van der Waals surface area contributed by atoms with E-state index in [0.29, 0.717) is 49.5 Å². The molecule has 0 radical (unpaired) electrons. The average Bonchev–Trinajstić information content (AvgIpc) is 1.68. The molecule has 6 heterocycles. The number of ether oxygens (including phenoxy) is 14. The number of ketones is 1. The number of Topliss-reactive ketones (excluding diaryl/α,β-unsaturated/α-hetero) is 1. The second-order valence-corrected chi connectivity index (χ2v) is 28.9. The third kappa shape index (κ3) is 15.3. The molecule has 10 aliphatic rings. The minimum atomic E-state index is -2.23. The summed E-state index contributed by atoms with van der Waals surface area (Å²) >= 11 is 0. The monoisotopic (exact) mass is 1370 g/mol. The fourth-order valence-corrected chi connectivity index (χ4v) is 17.1. The number of carbonyl (C=O) groups excluding carboxylic acids is 6. The van der Waals surface area contributed by atoms with Crippen molar-refractivity contribution in [3.63, 3.8) is 0 Å². The van der Waals surface area contributed by atoms with Crippen molar-refractivity contribution in [2.45, 2.75) is 281 Å². The maximum absolute atomic E-state index is 15.6. The molecule has 1 amide bonds. The summed E-state index contributed by atoms with van der Waals surface area (Å²) in [6, 6.07) is -1.08. The maximum Gasteiger partial charge on any atom is 0.407 e. The second kappa shape index (κ2) is 30.2. The van der Waals surface area contributed by atoms with E-state index in [1.165, 1.54) is 26.8 Å². The molecule has 97 heavy (non-hydrogen) atoms. The highest BCUT2D eigenvalue weighted by Gasteiger charge is 2.65. The van der Waals surface area contributed by atoms with Gasteiger partial charge in [0.05, 0.1) is 85.6 Å². The van der Waals surface area contributed by atoms with E-state index in [-0.39, 0.29) is 54.9 Å². The molecule has 2 bridgehead atoms. The van der Waals surface area contributed by atoms with Gasteiger partial charge in [-0.2, -0.15) is 0 Å². The van der Waals surface area contributed by atoms with Crippen LogP contribution in [0.15, 0.2) is 58.4 Å². The summed E-state index contributed by atoms with van der Waals surface area (Å²) in [7, 11) is 1.15. The van der Waals surface area contributed by atoms with Crippen molar-refractivity contribution in [1.29, 1.82) is 0 Å². The molecule has 6 saturated heterocycles. The molecule has 1 spiro atoms. The van der Waals surface area contributed by atoms with Gasteiger partial charge in [0.15, 0.2) is 43.2 Å². The first-order valence-electron chi connectivity index (χ1n) is 34.1. The SMILES string of the molecule is COC(=O)N[C@H]1[C@@H](C)O[C@@H](O[C@H]2C/C=C(\C)[C@@H]3C=C[C@@H]4[C@@H](O[C@H]5C[C@@H](O[C@H]6CC[C@@H](O[C@@H]7C[C@@H](O)[C@@H](O[C@H]8CC[C@@H](O)[C@H](C)O8)[C@H](C)O7)[C@H](C)O6)[C@@H](OC(C)=O)[C@H](COC(C)=O)O5)[C@@H](C)C[C@H](C)[C@H]4[C@]3(C)C(O)=C3C(=O)O[C@]4(CC(C=O)=C[C@H](O)[C@H]4/C=C/2C)C3=O)C[C@]1(C)N([O-])O. The van der Waals surface area contributed by atoms with Gasteiger partial charge in [-0.05, 0) is 109 Å². The summed E-state index contributed by atoms with van der Waals surface area (Å²) < 4.78 is 87.3. The summed E-state index contributed by atoms with van der Waals surface area (Å²) in [4.78, 5) is 81.0. The van der Waals surface area contributed by atoms with E-state index in [2.05, 4.69) is 5.32 Å². The number of amides is 1. The molecule has 10 rings (SSSR count). The van der Waals surface area contributed by atoms with E-state index in [1.807, 2.05) is 45.9 Å². The molecule has 0 aromatic heterocycles. The molecule has 1 saturated carbocycles. The second-order valence-electron chi connectivity index (χ2n) is 28.9. The molecule has 28 nitrogen and oxygen atoms in total. The fourth-order valence-electron chi connectivity index (χ4n) is 17.1. The number of aliphatic hydroxyl groups excluding tert-OH is 4. The van der Waals surface area contributed by atoms with Gasteiger partial charge < -0.3 is 102 Å². The van der Waals surface area contributed by atoms with Crippen LogP contribution in [0.25, 0.3) is 0 Å². The van der Waals surface area contributed by atoms with E-state index in [0.717, 1.165) is 7.11 Å².